The fourth-order valence-corrected chi connectivity index (χ4v) is 3.31. The van der Waals surface area contributed by atoms with Crippen molar-refractivity contribution in [3.05, 3.63) is 71.3 Å². The molecular weight excluding hydrogens is 278 g/mol. The zero-order valence-electron chi connectivity index (χ0n) is 11.9. The van der Waals surface area contributed by atoms with Crippen LogP contribution in [0.1, 0.15) is 38.8 Å². The maximum Gasteiger partial charge on any atom is 0.261 e. The summed E-state index contributed by atoms with van der Waals surface area (Å²) in [6, 6.07) is 16.5. The van der Waals surface area contributed by atoms with Crippen LogP contribution in [0.4, 0.5) is 0 Å². The quantitative estimate of drug-likeness (QED) is 0.800. The van der Waals surface area contributed by atoms with E-state index in [9.17, 15) is 9.59 Å². The Morgan fingerprint density at radius 1 is 0.864 bits per heavy atom. The van der Waals surface area contributed by atoms with Crippen LogP contribution in [-0.2, 0) is 4.74 Å². The van der Waals surface area contributed by atoms with E-state index in [2.05, 4.69) is 0 Å². The van der Waals surface area contributed by atoms with Gasteiger partial charge in [-0.05, 0) is 24.1 Å². The molecule has 2 aliphatic rings. The van der Waals surface area contributed by atoms with Crippen LogP contribution in [0.5, 0.6) is 0 Å². The minimum absolute atomic E-state index is 0.211. The normalized spacial score (nSPS) is 23.9. The van der Waals surface area contributed by atoms with Crippen LogP contribution in [0.3, 0.4) is 0 Å². The van der Waals surface area contributed by atoms with Gasteiger partial charge in [-0.1, -0.05) is 42.5 Å². The van der Waals surface area contributed by atoms with E-state index in [1.807, 2.05) is 30.3 Å². The van der Waals surface area contributed by atoms with Gasteiger partial charge >= 0.3 is 0 Å². The highest BCUT2D eigenvalue weighted by atomic mass is 16.5. The van der Waals surface area contributed by atoms with Gasteiger partial charge in [-0.2, -0.15) is 0 Å². The monoisotopic (exact) mass is 293 g/mol. The van der Waals surface area contributed by atoms with E-state index in [-0.39, 0.29) is 24.0 Å². The molecule has 2 amide bonds. The fourth-order valence-electron chi connectivity index (χ4n) is 3.31. The zero-order valence-corrected chi connectivity index (χ0v) is 11.9. The number of carbonyl (C=O) groups excluding carboxylic acids is 2. The lowest BCUT2D eigenvalue weighted by molar-refractivity contribution is 0.0412. The van der Waals surface area contributed by atoms with Crippen molar-refractivity contribution in [2.75, 3.05) is 6.61 Å². The SMILES string of the molecule is O=C1c2ccccc2C(=O)N1[C@@H]1CCO[C@H]1c1ccccc1. The molecule has 0 aromatic heterocycles. The number of fused-ring (bicyclic) bond motifs is 1. The van der Waals surface area contributed by atoms with Crippen molar-refractivity contribution in [1.29, 1.82) is 0 Å². The Hall–Kier alpha value is -2.46. The molecule has 0 bridgehead atoms. The molecule has 0 radical (unpaired) electrons. The number of hydrogen-bond donors (Lipinski definition) is 0. The van der Waals surface area contributed by atoms with E-state index in [4.69, 9.17) is 4.74 Å². The molecule has 0 N–H and O–H groups in total. The topological polar surface area (TPSA) is 46.6 Å². The molecule has 4 rings (SSSR count). The van der Waals surface area contributed by atoms with Crippen LogP contribution < -0.4 is 0 Å². The molecular formula is C18H15NO3. The minimum atomic E-state index is -0.247. The largest absolute Gasteiger partial charge is 0.371 e. The van der Waals surface area contributed by atoms with Crippen LogP contribution in [0.2, 0.25) is 0 Å². The maximum atomic E-state index is 12.6. The van der Waals surface area contributed by atoms with Gasteiger partial charge in [0.1, 0.15) is 6.10 Å². The van der Waals surface area contributed by atoms with Crippen molar-refractivity contribution in [2.45, 2.75) is 18.6 Å². The van der Waals surface area contributed by atoms with Crippen molar-refractivity contribution >= 4 is 11.8 Å². The minimum Gasteiger partial charge on any atom is -0.371 e. The molecule has 0 aliphatic carbocycles. The first kappa shape index (κ1) is 13.2. The molecule has 2 aromatic carbocycles. The van der Waals surface area contributed by atoms with E-state index in [1.165, 1.54) is 4.90 Å². The third-order valence-electron chi connectivity index (χ3n) is 4.35. The molecule has 1 fully saturated rings. The summed E-state index contributed by atoms with van der Waals surface area (Å²) in [7, 11) is 0. The molecule has 0 unspecified atom stereocenters. The van der Waals surface area contributed by atoms with Crippen LogP contribution in [-0.4, -0.2) is 29.4 Å². The number of nitrogens with zero attached hydrogens (tertiary/aromatic N) is 1. The number of imide groups is 1. The lowest BCUT2D eigenvalue weighted by atomic mass is 10.0. The Morgan fingerprint density at radius 2 is 1.45 bits per heavy atom. The van der Waals surface area contributed by atoms with Gasteiger partial charge in [-0.15, -0.1) is 0 Å². The van der Waals surface area contributed by atoms with Gasteiger partial charge < -0.3 is 4.74 Å². The molecule has 0 saturated carbocycles. The van der Waals surface area contributed by atoms with Gasteiger partial charge in [0.25, 0.3) is 11.8 Å². The third kappa shape index (κ3) is 1.88. The predicted molar refractivity (Wildman–Crippen MR) is 80.5 cm³/mol. The first-order valence-electron chi connectivity index (χ1n) is 7.41. The Balaban J connectivity index is 1.71. The second-order valence-electron chi connectivity index (χ2n) is 5.58. The van der Waals surface area contributed by atoms with E-state index < -0.39 is 0 Å². The number of rotatable bonds is 2. The zero-order chi connectivity index (χ0) is 15.1. The molecule has 2 aliphatic heterocycles. The van der Waals surface area contributed by atoms with E-state index in [1.54, 1.807) is 24.3 Å². The smallest absolute Gasteiger partial charge is 0.261 e. The maximum absolute atomic E-state index is 12.6. The number of carbonyl (C=O) groups is 2. The highest BCUT2D eigenvalue weighted by molar-refractivity contribution is 6.21. The molecule has 2 aromatic rings. The van der Waals surface area contributed by atoms with Gasteiger partial charge in [0.2, 0.25) is 0 Å². The number of ether oxygens (including phenoxy) is 1. The Bertz CT molecular complexity index is 706. The average Bonchev–Trinajstić information content (AvgIpc) is 3.13. The Morgan fingerprint density at radius 3 is 2.09 bits per heavy atom. The first-order chi connectivity index (χ1) is 10.8. The Labute approximate surface area is 128 Å². The lowest BCUT2D eigenvalue weighted by Gasteiger charge is -2.26. The standard InChI is InChI=1S/C18H15NO3/c20-17-13-8-4-5-9-14(13)18(21)19(17)15-10-11-22-16(15)12-6-2-1-3-7-12/h1-9,15-16H,10-11H2/t15-,16+/m1/s1. The van der Waals surface area contributed by atoms with Gasteiger partial charge in [0, 0.05) is 6.61 Å². The van der Waals surface area contributed by atoms with E-state index in [0.717, 1.165) is 5.56 Å². The molecule has 4 nitrogen and oxygen atoms in total. The van der Waals surface area contributed by atoms with Gasteiger partial charge in [-0.3, -0.25) is 14.5 Å². The molecule has 2 atom stereocenters. The molecule has 1 saturated heterocycles. The van der Waals surface area contributed by atoms with Crippen molar-refractivity contribution in [2.24, 2.45) is 0 Å². The average molecular weight is 293 g/mol. The van der Waals surface area contributed by atoms with Crippen molar-refractivity contribution in [1.82, 2.24) is 4.90 Å². The molecule has 22 heavy (non-hydrogen) atoms. The second kappa shape index (κ2) is 5.07. The van der Waals surface area contributed by atoms with E-state index in [0.29, 0.717) is 24.2 Å². The summed E-state index contributed by atoms with van der Waals surface area (Å²) in [5, 5.41) is 0. The number of hydrogen-bond acceptors (Lipinski definition) is 3. The first-order valence-corrected chi connectivity index (χ1v) is 7.41. The summed E-state index contributed by atoms with van der Waals surface area (Å²) in [6.07, 6.45) is 0.425. The third-order valence-corrected chi connectivity index (χ3v) is 4.35. The summed E-state index contributed by atoms with van der Waals surface area (Å²) in [5.74, 6) is -0.422. The molecule has 110 valence electrons. The van der Waals surface area contributed by atoms with Crippen molar-refractivity contribution in [3.8, 4) is 0 Å². The van der Waals surface area contributed by atoms with Crippen molar-refractivity contribution < 1.29 is 14.3 Å². The second-order valence-corrected chi connectivity index (χ2v) is 5.58. The lowest BCUT2D eigenvalue weighted by Crippen LogP contribution is -2.41. The van der Waals surface area contributed by atoms with Gasteiger partial charge in [0.15, 0.2) is 0 Å². The highest BCUT2D eigenvalue weighted by Crippen LogP contribution is 2.37. The van der Waals surface area contributed by atoms with Crippen molar-refractivity contribution in [3.63, 3.8) is 0 Å². The van der Waals surface area contributed by atoms with Crippen LogP contribution in [0.25, 0.3) is 0 Å². The van der Waals surface area contributed by atoms with Crippen LogP contribution >= 0.6 is 0 Å². The molecule has 2 heterocycles. The number of amides is 2. The van der Waals surface area contributed by atoms with Gasteiger partial charge in [0.05, 0.1) is 17.2 Å². The molecule has 4 heteroatoms. The highest BCUT2D eigenvalue weighted by Gasteiger charge is 2.45. The van der Waals surface area contributed by atoms with E-state index >= 15 is 0 Å². The Kier molecular flexibility index (Phi) is 3.05. The summed E-state index contributed by atoms with van der Waals surface area (Å²) >= 11 is 0. The summed E-state index contributed by atoms with van der Waals surface area (Å²) in [4.78, 5) is 26.6. The van der Waals surface area contributed by atoms with Crippen LogP contribution in [0.15, 0.2) is 54.6 Å². The molecule has 0 spiro atoms. The van der Waals surface area contributed by atoms with Crippen LogP contribution in [0, 0.1) is 0 Å². The summed E-state index contributed by atoms with van der Waals surface area (Å²) in [5.41, 5.74) is 1.99. The number of benzene rings is 2. The summed E-state index contributed by atoms with van der Waals surface area (Å²) in [6.45, 7) is 0.553. The van der Waals surface area contributed by atoms with Gasteiger partial charge in [-0.25, -0.2) is 0 Å². The fraction of sp³-hybridized carbons (Fsp3) is 0.222. The predicted octanol–water partition coefficient (Wildman–Crippen LogP) is 2.81. The summed E-state index contributed by atoms with van der Waals surface area (Å²) < 4.78 is 5.81.